The fourth-order valence-corrected chi connectivity index (χ4v) is 4.74. The molecule has 0 saturated heterocycles. The first kappa shape index (κ1) is 20.0. The maximum atomic E-state index is 4.16. The first-order valence-electron chi connectivity index (χ1n) is 11.3. The second-order valence-corrected chi connectivity index (χ2v) is 8.21. The Hall–Kier alpha value is -4.63. The van der Waals surface area contributed by atoms with Crippen molar-refractivity contribution in [3.63, 3.8) is 0 Å². The molecule has 0 amide bonds. The summed E-state index contributed by atoms with van der Waals surface area (Å²) < 4.78 is 4.65. The molecule has 2 heterocycles. The van der Waals surface area contributed by atoms with Gasteiger partial charge < -0.3 is 9.13 Å². The summed E-state index contributed by atoms with van der Waals surface area (Å²) in [6.07, 6.45) is 9.28. The van der Waals surface area contributed by atoms with E-state index in [1.54, 1.807) is 18.5 Å². The van der Waals surface area contributed by atoms with Gasteiger partial charge in [-0.15, -0.1) is 0 Å². The van der Waals surface area contributed by atoms with Crippen LogP contribution in [-0.4, -0.2) is 15.3 Å². The number of benzene rings is 4. The lowest BCUT2D eigenvalue weighted by molar-refractivity contribution is 1.13. The highest BCUT2D eigenvalue weighted by Gasteiger charge is 2.17. The van der Waals surface area contributed by atoms with Gasteiger partial charge in [-0.2, -0.15) is 0 Å². The Morgan fingerprint density at radius 2 is 1.50 bits per heavy atom. The standard InChI is InChI=1S/C31H23N3/c1-2-20-32-21-18-23-12-15-25(16-13-23)33-22-19-24-14-17-29-30(31(24)33)27-10-6-7-11-28(27)34(29)26-8-4-3-5-9-26/h2-22H,1H2/b21-18+,32-20-. The van der Waals surface area contributed by atoms with Gasteiger partial charge in [-0.25, -0.2) is 0 Å². The van der Waals surface area contributed by atoms with Gasteiger partial charge in [0.15, 0.2) is 0 Å². The Morgan fingerprint density at radius 3 is 2.32 bits per heavy atom. The van der Waals surface area contributed by atoms with Crippen LogP contribution in [0.4, 0.5) is 0 Å². The molecule has 6 aromatic rings. The molecule has 0 aliphatic heterocycles. The van der Waals surface area contributed by atoms with Crippen LogP contribution < -0.4 is 0 Å². The third kappa shape index (κ3) is 3.26. The monoisotopic (exact) mass is 437 g/mol. The predicted octanol–water partition coefficient (Wildman–Crippen LogP) is 7.96. The summed E-state index contributed by atoms with van der Waals surface area (Å²) in [6.45, 7) is 3.64. The number of allylic oxidation sites excluding steroid dienone is 1. The van der Waals surface area contributed by atoms with Crippen molar-refractivity contribution < 1.29 is 0 Å². The van der Waals surface area contributed by atoms with Crippen LogP contribution in [0.25, 0.3) is 50.2 Å². The van der Waals surface area contributed by atoms with Gasteiger partial charge in [0.2, 0.25) is 0 Å². The largest absolute Gasteiger partial charge is 0.316 e. The first-order chi connectivity index (χ1) is 16.8. The number of para-hydroxylation sites is 2. The molecule has 4 aromatic carbocycles. The lowest BCUT2D eigenvalue weighted by Gasteiger charge is -2.09. The normalized spacial score (nSPS) is 12.0. The van der Waals surface area contributed by atoms with Crippen molar-refractivity contribution in [3.05, 3.63) is 128 Å². The third-order valence-corrected chi connectivity index (χ3v) is 6.22. The van der Waals surface area contributed by atoms with Crippen LogP contribution in [0.3, 0.4) is 0 Å². The van der Waals surface area contributed by atoms with Gasteiger partial charge in [0.05, 0.1) is 16.6 Å². The van der Waals surface area contributed by atoms with Crippen molar-refractivity contribution in [3.8, 4) is 11.4 Å². The van der Waals surface area contributed by atoms with Crippen LogP contribution in [0.15, 0.2) is 127 Å². The zero-order chi connectivity index (χ0) is 22.9. The minimum atomic E-state index is 1.10. The third-order valence-electron chi connectivity index (χ3n) is 6.22. The first-order valence-corrected chi connectivity index (χ1v) is 11.3. The molecule has 0 fully saturated rings. The number of hydrogen-bond acceptors (Lipinski definition) is 1. The second-order valence-electron chi connectivity index (χ2n) is 8.21. The van der Waals surface area contributed by atoms with E-state index in [0.717, 1.165) is 11.3 Å². The summed E-state index contributed by atoms with van der Waals surface area (Å²) in [5.74, 6) is 0. The molecule has 0 aliphatic rings. The van der Waals surface area contributed by atoms with E-state index in [1.165, 1.54) is 38.4 Å². The zero-order valence-corrected chi connectivity index (χ0v) is 18.7. The maximum absolute atomic E-state index is 4.16. The number of aliphatic imine (C=N–C) groups is 1. The van der Waals surface area contributed by atoms with Gasteiger partial charge in [-0.05, 0) is 54.1 Å². The van der Waals surface area contributed by atoms with Crippen LogP contribution in [0, 0.1) is 0 Å². The smallest absolute Gasteiger partial charge is 0.0628 e. The fraction of sp³-hybridized carbons (Fsp3) is 0. The fourth-order valence-electron chi connectivity index (χ4n) is 4.74. The van der Waals surface area contributed by atoms with Crippen molar-refractivity contribution in [2.45, 2.75) is 0 Å². The molecular weight excluding hydrogens is 414 g/mol. The number of fused-ring (bicyclic) bond motifs is 5. The van der Waals surface area contributed by atoms with E-state index >= 15 is 0 Å². The number of hydrogen-bond donors (Lipinski definition) is 0. The van der Waals surface area contributed by atoms with Gasteiger partial charge in [-0.1, -0.05) is 67.3 Å². The molecule has 162 valence electrons. The molecule has 0 aliphatic carbocycles. The van der Waals surface area contributed by atoms with E-state index in [4.69, 9.17) is 0 Å². The van der Waals surface area contributed by atoms with Crippen LogP contribution in [0.1, 0.15) is 5.56 Å². The van der Waals surface area contributed by atoms with Crippen LogP contribution in [0.2, 0.25) is 0 Å². The number of aromatic nitrogens is 2. The summed E-state index contributed by atoms with van der Waals surface area (Å²) in [7, 11) is 0. The van der Waals surface area contributed by atoms with Crippen LogP contribution >= 0.6 is 0 Å². The Bertz CT molecular complexity index is 1690. The minimum absolute atomic E-state index is 1.10. The van der Waals surface area contributed by atoms with E-state index in [1.807, 2.05) is 6.08 Å². The molecular formula is C31H23N3. The van der Waals surface area contributed by atoms with Gasteiger partial charge >= 0.3 is 0 Å². The van der Waals surface area contributed by atoms with Crippen molar-refractivity contribution >= 4 is 45.0 Å². The second kappa shape index (κ2) is 8.38. The molecule has 6 rings (SSSR count). The predicted molar refractivity (Wildman–Crippen MR) is 145 cm³/mol. The lowest BCUT2D eigenvalue weighted by Crippen LogP contribution is -1.94. The van der Waals surface area contributed by atoms with Crippen molar-refractivity contribution in [2.75, 3.05) is 0 Å². The minimum Gasteiger partial charge on any atom is -0.316 e. The molecule has 0 radical (unpaired) electrons. The van der Waals surface area contributed by atoms with Gasteiger partial charge in [-0.3, -0.25) is 4.99 Å². The van der Waals surface area contributed by atoms with Crippen molar-refractivity contribution in [1.29, 1.82) is 0 Å². The number of rotatable bonds is 5. The molecule has 0 saturated carbocycles. The summed E-state index contributed by atoms with van der Waals surface area (Å²) in [4.78, 5) is 4.16. The molecule has 0 atom stereocenters. The Labute approximate surface area is 198 Å². The van der Waals surface area contributed by atoms with E-state index < -0.39 is 0 Å². The average Bonchev–Trinajstić information content (AvgIpc) is 3.47. The molecule has 0 bridgehead atoms. The molecule has 3 nitrogen and oxygen atoms in total. The van der Waals surface area contributed by atoms with Crippen molar-refractivity contribution in [2.24, 2.45) is 4.99 Å². The molecule has 2 aromatic heterocycles. The molecule has 0 unspecified atom stereocenters. The van der Waals surface area contributed by atoms with Crippen LogP contribution in [-0.2, 0) is 0 Å². The highest BCUT2D eigenvalue weighted by atomic mass is 15.0. The van der Waals surface area contributed by atoms with Gasteiger partial charge in [0, 0.05) is 46.1 Å². The zero-order valence-electron chi connectivity index (χ0n) is 18.7. The summed E-state index contributed by atoms with van der Waals surface area (Å²) in [6, 6.07) is 34.5. The molecule has 0 spiro atoms. The topological polar surface area (TPSA) is 22.2 Å². The summed E-state index contributed by atoms with van der Waals surface area (Å²) in [5, 5.41) is 3.75. The molecule has 3 heteroatoms. The highest BCUT2D eigenvalue weighted by Crippen LogP contribution is 2.38. The highest BCUT2D eigenvalue weighted by molar-refractivity contribution is 6.20. The molecule has 0 N–H and O–H groups in total. The Morgan fingerprint density at radius 1 is 0.706 bits per heavy atom. The van der Waals surface area contributed by atoms with E-state index in [2.05, 4.69) is 124 Å². The summed E-state index contributed by atoms with van der Waals surface area (Å²) in [5.41, 5.74) is 7.05. The van der Waals surface area contributed by atoms with Gasteiger partial charge in [0.25, 0.3) is 0 Å². The Kier molecular flexibility index (Phi) is 4.93. The Balaban J connectivity index is 1.58. The van der Waals surface area contributed by atoms with Crippen LogP contribution in [0.5, 0.6) is 0 Å². The van der Waals surface area contributed by atoms with E-state index in [-0.39, 0.29) is 0 Å². The maximum Gasteiger partial charge on any atom is 0.0628 e. The summed E-state index contributed by atoms with van der Waals surface area (Å²) >= 11 is 0. The van der Waals surface area contributed by atoms with E-state index in [0.29, 0.717) is 0 Å². The van der Waals surface area contributed by atoms with Crippen molar-refractivity contribution in [1.82, 2.24) is 9.13 Å². The lowest BCUT2D eigenvalue weighted by atomic mass is 10.1. The SMILES string of the molecule is C=C/C=N\C=C\c1ccc(-n2ccc3ccc4c(c5ccccc5n4-c4ccccc4)c32)cc1. The number of nitrogens with zero attached hydrogens (tertiary/aromatic N) is 3. The molecule has 34 heavy (non-hydrogen) atoms. The quantitative estimate of drug-likeness (QED) is 0.244. The van der Waals surface area contributed by atoms with E-state index in [9.17, 15) is 0 Å². The van der Waals surface area contributed by atoms with Gasteiger partial charge in [0.1, 0.15) is 0 Å². The average molecular weight is 438 g/mol.